The van der Waals surface area contributed by atoms with Crippen LogP contribution in [0, 0.1) is 6.92 Å². The lowest BCUT2D eigenvalue weighted by molar-refractivity contribution is 0.286. The van der Waals surface area contributed by atoms with Gasteiger partial charge in [0.05, 0.1) is 6.20 Å². The van der Waals surface area contributed by atoms with Crippen molar-refractivity contribution in [3.8, 4) is 5.75 Å². The number of aromatic nitrogens is 1. The Balaban J connectivity index is 1.88. The number of rotatable bonds is 5. The Kier molecular flexibility index (Phi) is 4.77. The van der Waals surface area contributed by atoms with Crippen molar-refractivity contribution in [2.75, 3.05) is 6.61 Å². The number of hydrogen-bond donors (Lipinski definition) is 1. The molecular weight excluding hydrogens is 260 g/mol. The van der Waals surface area contributed by atoms with Gasteiger partial charge in [0.15, 0.2) is 0 Å². The fourth-order valence-corrected chi connectivity index (χ4v) is 2.03. The molecule has 0 saturated carbocycles. The number of halogens is 1. The van der Waals surface area contributed by atoms with Crippen molar-refractivity contribution in [3.63, 3.8) is 0 Å². The highest BCUT2D eigenvalue weighted by Crippen LogP contribution is 2.17. The fourth-order valence-electron chi connectivity index (χ4n) is 1.81. The van der Waals surface area contributed by atoms with E-state index in [4.69, 9.17) is 22.1 Å². The minimum absolute atomic E-state index is 0.0968. The molecule has 0 fully saturated rings. The Hall–Kier alpha value is -1.58. The first-order valence-electron chi connectivity index (χ1n) is 6.18. The summed E-state index contributed by atoms with van der Waals surface area (Å²) in [6.45, 7) is 2.42. The van der Waals surface area contributed by atoms with Crippen LogP contribution in [0.15, 0.2) is 42.7 Å². The lowest BCUT2D eigenvalue weighted by Gasteiger charge is -2.14. The van der Waals surface area contributed by atoms with Gasteiger partial charge in [-0.05, 0) is 36.6 Å². The minimum Gasteiger partial charge on any atom is -0.490 e. The van der Waals surface area contributed by atoms with Gasteiger partial charge in [0.2, 0.25) is 0 Å². The third-order valence-electron chi connectivity index (χ3n) is 2.75. The summed E-state index contributed by atoms with van der Waals surface area (Å²) < 4.78 is 5.63. The molecule has 1 unspecified atom stereocenters. The fraction of sp³-hybridized carbons (Fsp3) is 0.267. The largest absolute Gasteiger partial charge is 0.490 e. The van der Waals surface area contributed by atoms with Gasteiger partial charge in [-0.2, -0.15) is 0 Å². The summed E-state index contributed by atoms with van der Waals surface area (Å²) in [6, 6.07) is 9.56. The molecule has 19 heavy (non-hydrogen) atoms. The Morgan fingerprint density at radius 1 is 1.32 bits per heavy atom. The van der Waals surface area contributed by atoms with E-state index in [1.54, 1.807) is 12.4 Å². The summed E-state index contributed by atoms with van der Waals surface area (Å²) in [7, 11) is 0. The van der Waals surface area contributed by atoms with Gasteiger partial charge >= 0.3 is 0 Å². The van der Waals surface area contributed by atoms with Gasteiger partial charge in [-0.1, -0.05) is 29.8 Å². The Morgan fingerprint density at radius 2 is 2.11 bits per heavy atom. The van der Waals surface area contributed by atoms with Crippen LogP contribution in [-0.2, 0) is 6.42 Å². The van der Waals surface area contributed by atoms with E-state index in [-0.39, 0.29) is 6.04 Å². The van der Waals surface area contributed by atoms with Crippen molar-refractivity contribution in [1.82, 2.24) is 4.98 Å². The van der Waals surface area contributed by atoms with Gasteiger partial charge in [-0.25, -0.2) is 0 Å². The highest BCUT2D eigenvalue weighted by Gasteiger charge is 2.08. The maximum absolute atomic E-state index is 6.10. The smallest absolute Gasteiger partial charge is 0.137 e. The maximum atomic E-state index is 6.10. The molecule has 2 rings (SSSR count). The predicted octanol–water partition coefficient (Wildman–Crippen LogP) is 2.99. The first-order valence-corrected chi connectivity index (χ1v) is 6.56. The molecule has 2 aromatic rings. The number of aryl methyl sites for hydroxylation is 1. The number of nitrogens with two attached hydrogens (primary N) is 1. The summed E-state index contributed by atoms with van der Waals surface area (Å²) in [5, 5.41) is 0.746. The van der Waals surface area contributed by atoms with Crippen molar-refractivity contribution in [3.05, 3.63) is 58.9 Å². The van der Waals surface area contributed by atoms with Crippen LogP contribution < -0.4 is 10.5 Å². The zero-order valence-electron chi connectivity index (χ0n) is 10.8. The quantitative estimate of drug-likeness (QED) is 0.913. The molecule has 0 spiro atoms. The molecule has 1 heterocycles. The first-order chi connectivity index (χ1) is 9.15. The third kappa shape index (κ3) is 4.23. The van der Waals surface area contributed by atoms with E-state index in [1.165, 1.54) is 0 Å². The molecule has 0 saturated heterocycles. The van der Waals surface area contributed by atoms with Crippen LogP contribution in [0.3, 0.4) is 0 Å². The molecular formula is C15H17ClN2O. The van der Waals surface area contributed by atoms with Crippen LogP contribution >= 0.6 is 11.6 Å². The first kappa shape index (κ1) is 13.8. The number of pyridine rings is 1. The van der Waals surface area contributed by atoms with Crippen LogP contribution in [0.2, 0.25) is 5.02 Å². The van der Waals surface area contributed by atoms with Crippen LogP contribution in [0.25, 0.3) is 0 Å². The molecule has 1 atom stereocenters. The molecule has 3 nitrogen and oxygen atoms in total. The van der Waals surface area contributed by atoms with Gasteiger partial charge in [0.25, 0.3) is 0 Å². The molecule has 0 radical (unpaired) electrons. The van der Waals surface area contributed by atoms with Crippen LogP contribution in [0.4, 0.5) is 0 Å². The van der Waals surface area contributed by atoms with Gasteiger partial charge in [0, 0.05) is 17.3 Å². The van der Waals surface area contributed by atoms with Gasteiger partial charge in [0.1, 0.15) is 12.4 Å². The molecule has 0 aliphatic heterocycles. The van der Waals surface area contributed by atoms with E-state index in [0.29, 0.717) is 13.0 Å². The van der Waals surface area contributed by atoms with Crippen LogP contribution in [0.5, 0.6) is 5.75 Å². The van der Waals surface area contributed by atoms with Crippen LogP contribution in [0.1, 0.15) is 11.1 Å². The summed E-state index contributed by atoms with van der Waals surface area (Å²) in [5.74, 6) is 0.745. The molecule has 0 aliphatic rings. The average Bonchev–Trinajstić information content (AvgIpc) is 2.39. The Morgan fingerprint density at radius 3 is 2.84 bits per heavy atom. The lowest BCUT2D eigenvalue weighted by Crippen LogP contribution is -2.30. The predicted molar refractivity (Wildman–Crippen MR) is 77.6 cm³/mol. The molecule has 0 amide bonds. The van der Waals surface area contributed by atoms with Crippen LogP contribution in [-0.4, -0.2) is 17.6 Å². The summed E-state index contributed by atoms with van der Waals surface area (Å²) in [4.78, 5) is 4.07. The Labute approximate surface area is 118 Å². The lowest BCUT2D eigenvalue weighted by atomic mass is 10.1. The summed E-state index contributed by atoms with van der Waals surface area (Å²) >= 11 is 6.10. The molecule has 0 aliphatic carbocycles. The molecule has 1 aromatic heterocycles. The molecule has 0 bridgehead atoms. The number of benzene rings is 1. The van der Waals surface area contributed by atoms with E-state index >= 15 is 0 Å². The normalized spacial score (nSPS) is 12.2. The van der Waals surface area contributed by atoms with Crippen molar-refractivity contribution < 1.29 is 4.74 Å². The molecule has 100 valence electrons. The van der Waals surface area contributed by atoms with E-state index in [1.807, 2.05) is 37.3 Å². The minimum atomic E-state index is -0.0968. The molecule has 4 heteroatoms. The van der Waals surface area contributed by atoms with Crippen molar-refractivity contribution in [1.29, 1.82) is 0 Å². The number of nitrogens with zero attached hydrogens (tertiary/aromatic N) is 1. The topological polar surface area (TPSA) is 48.1 Å². The monoisotopic (exact) mass is 276 g/mol. The second-order valence-electron chi connectivity index (χ2n) is 4.56. The second-order valence-corrected chi connectivity index (χ2v) is 4.97. The zero-order valence-corrected chi connectivity index (χ0v) is 11.6. The van der Waals surface area contributed by atoms with Crippen molar-refractivity contribution >= 4 is 11.6 Å². The molecule has 2 N–H and O–H groups in total. The Bertz CT molecular complexity index is 545. The van der Waals surface area contributed by atoms with Gasteiger partial charge in [-0.3, -0.25) is 4.98 Å². The second kappa shape index (κ2) is 6.55. The van der Waals surface area contributed by atoms with Crippen molar-refractivity contribution in [2.24, 2.45) is 5.73 Å². The van der Waals surface area contributed by atoms with E-state index in [9.17, 15) is 0 Å². The standard InChI is InChI=1S/C15H17ClN2O/c1-11-6-14(9-18-8-11)19-10-13(17)7-12-4-2-3-5-15(12)16/h2-6,8-9,13H,7,10,17H2,1H3. The zero-order chi connectivity index (χ0) is 13.7. The number of hydrogen-bond acceptors (Lipinski definition) is 3. The van der Waals surface area contributed by atoms with Gasteiger partial charge in [-0.15, -0.1) is 0 Å². The average molecular weight is 277 g/mol. The van der Waals surface area contributed by atoms with Crippen molar-refractivity contribution in [2.45, 2.75) is 19.4 Å². The summed E-state index contributed by atoms with van der Waals surface area (Å²) in [6.07, 6.45) is 4.17. The maximum Gasteiger partial charge on any atom is 0.137 e. The highest BCUT2D eigenvalue weighted by molar-refractivity contribution is 6.31. The van der Waals surface area contributed by atoms with Gasteiger partial charge < -0.3 is 10.5 Å². The molecule has 1 aromatic carbocycles. The van der Waals surface area contributed by atoms with E-state index in [0.717, 1.165) is 21.9 Å². The SMILES string of the molecule is Cc1cncc(OCC(N)Cc2ccccc2Cl)c1. The summed E-state index contributed by atoms with van der Waals surface area (Å²) in [5.41, 5.74) is 8.17. The highest BCUT2D eigenvalue weighted by atomic mass is 35.5. The number of ether oxygens (including phenoxy) is 1. The van der Waals surface area contributed by atoms with E-state index in [2.05, 4.69) is 4.98 Å². The third-order valence-corrected chi connectivity index (χ3v) is 3.12. The van der Waals surface area contributed by atoms with E-state index < -0.39 is 0 Å².